The van der Waals surface area contributed by atoms with Gasteiger partial charge in [-0.15, -0.1) is 11.3 Å². The van der Waals surface area contributed by atoms with E-state index >= 15 is 0 Å². The predicted molar refractivity (Wildman–Crippen MR) is 76.8 cm³/mol. The van der Waals surface area contributed by atoms with E-state index in [-0.39, 0.29) is 18.4 Å². The maximum Gasteiger partial charge on any atom is 0.401 e. The summed E-state index contributed by atoms with van der Waals surface area (Å²) in [7, 11) is 0. The lowest BCUT2D eigenvalue weighted by Crippen LogP contribution is -2.42. The second-order valence-corrected chi connectivity index (χ2v) is 8.02. The summed E-state index contributed by atoms with van der Waals surface area (Å²) in [5.41, 5.74) is 0.407. The average molecular weight is 423 g/mol. The Labute approximate surface area is 130 Å². The number of hydrogen-bond donors (Lipinski definition) is 0. The van der Waals surface area contributed by atoms with E-state index in [0.717, 1.165) is 8.69 Å². The van der Waals surface area contributed by atoms with E-state index in [1.807, 2.05) is 0 Å². The van der Waals surface area contributed by atoms with Crippen molar-refractivity contribution in [2.75, 3.05) is 13.1 Å². The molecule has 1 aromatic heterocycles. The van der Waals surface area contributed by atoms with E-state index in [4.69, 9.17) is 0 Å². The predicted octanol–water partition coefficient (Wildman–Crippen LogP) is 4.73. The first-order chi connectivity index (χ1) is 8.60. The standard InChI is InChI=1S/C11H12Br2F3NOS/c1-6(2)17(5-11(14,15)16)4-8(18)7-3-9(12)19-10(7)13/h3,6H,4-5H2,1-2H3. The Kier molecular flexibility index (Phi) is 6.03. The summed E-state index contributed by atoms with van der Waals surface area (Å²) in [6.07, 6.45) is -4.31. The normalized spacial score (nSPS) is 12.5. The van der Waals surface area contributed by atoms with Gasteiger partial charge in [0.05, 0.1) is 20.7 Å². The molecule has 1 heterocycles. The highest BCUT2D eigenvalue weighted by Gasteiger charge is 2.33. The quantitative estimate of drug-likeness (QED) is 0.639. The molecule has 0 spiro atoms. The topological polar surface area (TPSA) is 20.3 Å². The van der Waals surface area contributed by atoms with Crippen LogP contribution in [0, 0.1) is 0 Å². The van der Waals surface area contributed by atoms with Crippen LogP contribution in [0.4, 0.5) is 13.2 Å². The van der Waals surface area contributed by atoms with Crippen molar-refractivity contribution in [1.82, 2.24) is 4.90 Å². The third-order valence-corrected chi connectivity index (χ3v) is 4.76. The number of carbonyl (C=O) groups is 1. The zero-order valence-corrected chi connectivity index (χ0v) is 14.2. The number of halogens is 5. The van der Waals surface area contributed by atoms with Crippen LogP contribution in [-0.4, -0.2) is 36.0 Å². The SMILES string of the molecule is CC(C)N(CC(=O)c1cc(Br)sc1Br)CC(F)(F)F. The molecule has 0 N–H and O–H groups in total. The number of nitrogens with zero attached hydrogens (tertiary/aromatic N) is 1. The van der Waals surface area contributed by atoms with Gasteiger partial charge >= 0.3 is 6.18 Å². The molecule has 0 bridgehead atoms. The minimum absolute atomic E-state index is 0.251. The smallest absolute Gasteiger partial charge is 0.293 e. The summed E-state index contributed by atoms with van der Waals surface area (Å²) in [4.78, 5) is 13.1. The van der Waals surface area contributed by atoms with Crippen molar-refractivity contribution in [2.24, 2.45) is 0 Å². The van der Waals surface area contributed by atoms with Gasteiger partial charge in [-0.2, -0.15) is 13.2 Å². The van der Waals surface area contributed by atoms with Crippen molar-refractivity contribution >= 4 is 49.0 Å². The second-order valence-electron chi connectivity index (χ2n) is 4.27. The molecule has 8 heteroatoms. The molecule has 2 nitrogen and oxygen atoms in total. The third-order valence-electron chi connectivity index (χ3n) is 2.42. The molecule has 0 fully saturated rings. The number of hydrogen-bond acceptors (Lipinski definition) is 3. The van der Waals surface area contributed by atoms with Gasteiger partial charge in [0.15, 0.2) is 5.78 Å². The van der Waals surface area contributed by atoms with E-state index in [2.05, 4.69) is 31.9 Å². The number of rotatable bonds is 5. The molecule has 0 radical (unpaired) electrons. The van der Waals surface area contributed by atoms with Crippen LogP contribution in [0.5, 0.6) is 0 Å². The first-order valence-corrected chi connectivity index (χ1v) is 7.79. The Morgan fingerprint density at radius 2 is 2.00 bits per heavy atom. The third kappa shape index (κ3) is 5.53. The van der Waals surface area contributed by atoms with Crippen molar-refractivity contribution in [3.8, 4) is 0 Å². The highest BCUT2D eigenvalue weighted by molar-refractivity contribution is 9.12. The minimum atomic E-state index is -4.31. The van der Waals surface area contributed by atoms with E-state index in [9.17, 15) is 18.0 Å². The Hall–Kier alpha value is 0.0800. The van der Waals surface area contributed by atoms with Crippen LogP contribution in [0.3, 0.4) is 0 Å². The number of alkyl halides is 3. The average Bonchev–Trinajstić information content (AvgIpc) is 2.54. The molecule has 0 aliphatic heterocycles. The highest BCUT2D eigenvalue weighted by Crippen LogP contribution is 2.32. The lowest BCUT2D eigenvalue weighted by atomic mass is 10.2. The molecule has 0 amide bonds. The minimum Gasteiger partial charge on any atom is -0.293 e. The lowest BCUT2D eigenvalue weighted by Gasteiger charge is -2.26. The fourth-order valence-corrected chi connectivity index (χ4v) is 4.31. The highest BCUT2D eigenvalue weighted by atomic mass is 79.9. The monoisotopic (exact) mass is 421 g/mol. The number of ketones is 1. The molecule has 0 aromatic carbocycles. The van der Waals surface area contributed by atoms with E-state index in [0.29, 0.717) is 9.35 Å². The van der Waals surface area contributed by atoms with Crippen LogP contribution in [0.1, 0.15) is 24.2 Å². The Morgan fingerprint density at radius 1 is 1.42 bits per heavy atom. The molecular formula is C11H12Br2F3NOS. The van der Waals surface area contributed by atoms with Gasteiger partial charge < -0.3 is 0 Å². The number of carbonyl (C=O) groups excluding carboxylic acids is 1. The number of Topliss-reactive ketones (excluding diaryl/α,β-unsaturated/α-hetero) is 1. The molecule has 108 valence electrons. The molecule has 0 saturated carbocycles. The molecule has 19 heavy (non-hydrogen) atoms. The van der Waals surface area contributed by atoms with Crippen molar-refractivity contribution in [3.63, 3.8) is 0 Å². The van der Waals surface area contributed by atoms with Gasteiger partial charge in [-0.3, -0.25) is 9.69 Å². The molecule has 1 rings (SSSR count). The molecule has 0 atom stereocenters. The summed E-state index contributed by atoms with van der Waals surface area (Å²) in [5.74, 6) is -0.327. The first-order valence-electron chi connectivity index (χ1n) is 5.39. The Morgan fingerprint density at radius 3 is 2.37 bits per heavy atom. The van der Waals surface area contributed by atoms with Gasteiger partial charge in [-0.05, 0) is 51.8 Å². The number of thiophene rings is 1. The second kappa shape index (κ2) is 6.69. The van der Waals surface area contributed by atoms with Gasteiger partial charge in [-0.1, -0.05) is 0 Å². The zero-order chi connectivity index (χ0) is 14.8. The van der Waals surface area contributed by atoms with Gasteiger partial charge in [-0.25, -0.2) is 0 Å². The largest absolute Gasteiger partial charge is 0.401 e. The van der Waals surface area contributed by atoms with Crippen LogP contribution in [0.25, 0.3) is 0 Å². The molecule has 0 unspecified atom stereocenters. The van der Waals surface area contributed by atoms with Gasteiger partial charge in [0.25, 0.3) is 0 Å². The summed E-state index contributed by atoms with van der Waals surface area (Å²) < 4.78 is 38.7. The summed E-state index contributed by atoms with van der Waals surface area (Å²) in [5, 5.41) is 0. The Balaban J connectivity index is 2.80. The summed E-state index contributed by atoms with van der Waals surface area (Å²) >= 11 is 7.79. The molecule has 0 aliphatic rings. The van der Waals surface area contributed by atoms with Crippen molar-refractivity contribution in [2.45, 2.75) is 26.1 Å². The molecule has 0 aliphatic carbocycles. The fourth-order valence-electron chi connectivity index (χ4n) is 1.45. The van der Waals surface area contributed by atoms with Crippen LogP contribution in [0.15, 0.2) is 13.6 Å². The van der Waals surface area contributed by atoms with Crippen LogP contribution in [-0.2, 0) is 0 Å². The molecular weight excluding hydrogens is 411 g/mol. The van der Waals surface area contributed by atoms with E-state index < -0.39 is 12.7 Å². The van der Waals surface area contributed by atoms with Crippen LogP contribution >= 0.6 is 43.2 Å². The van der Waals surface area contributed by atoms with Crippen molar-refractivity contribution in [1.29, 1.82) is 0 Å². The summed E-state index contributed by atoms with van der Waals surface area (Å²) in [6, 6.07) is 1.26. The Bertz CT molecular complexity index is 459. The van der Waals surface area contributed by atoms with E-state index in [1.54, 1.807) is 19.9 Å². The molecule has 0 saturated heterocycles. The zero-order valence-electron chi connectivity index (χ0n) is 10.2. The van der Waals surface area contributed by atoms with Gasteiger partial charge in [0.2, 0.25) is 0 Å². The van der Waals surface area contributed by atoms with Crippen LogP contribution in [0.2, 0.25) is 0 Å². The molecule has 1 aromatic rings. The maximum atomic E-state index is 12.4. The van der Waals surface area contributed by atoms with Gasteiger partial charge in [0, 0.05) is 11.6 Å². The lowest BCUT2D eigenvalue weighted by molar-refractivity contribution is -0.148. The van der Waals surface area contributed by atoms with Crippen LogP contribution < -0.4 is 0 Å². The van der Waals surface area contributed by atoms with Crippen molar-refractivity contribution < 1.29 is 18.0 Å². The first kappa shape index (κ1) is 17.1. The summed E-state index contributed by atoms with van der Waals surface area (Å²) in [6.45, 7) is 1.94. The maximum absolute atomic E-state index is 12.4. The fraction of sp³-hybridized carbons (Fsp3) is 0.545. The van der Waals surface area contributed by atoms with E-state index in [1.165, 1.54) is 11.3 Å². The van der Waals surface area contributed by atoms with Gasteiger partial charge in [0.1, 0.15) is 0 Å². The van der Waals surface area contributed by atoms with Crippen molar-refractivity contribution in [3.05, 3.63) is 19.2 Å².